The van der Waals surface area contributed by atoms with Crippen LogP contribution in [0.5, 0.6) is 0 Å². The van der Waals surface area contributed by atoms with Crippen molar-refractivity contribution >= 4 is 17.5 Å². The van der Waals surface area contributed by atoms with E-state index in [0.717, 1.165) is 22.4 Å². The minimum atomic E-state index is -0.309. The van der Waals surface area contributed by atoms with E-state index in [9.17, 15) is 9.59 Å². The Labute approximate surface area is 127 Å². The van der Waals surface area contributed by atoms with Gasteiger partial charge < -0.3 is 10.2 Å². The molecule has 2 amide bonds. The number of anilines is 1. The van der Waals surface area contributed by atoms with Gasteiger partial charge in [-0.15, -0.1) is 0 Å². The molecule has 0 unspecified atom stereocenters. The number of carbonyl (C=O) groups excluding carboxylic acids is 2. The van der Waals surface area contributed by atoms with E-state index >= 15 is 0 Å². The number of amides is 2. The van der Waals surface area contributed by atoms with Crippen LogP contribution >= 0.6 is 0 Å². The maximum absolute atomic E-state index is 12.1. The van der Waals surface area contributed by atoms with Gasteiger partial charge in [0.2, 0.25) is 11.8 Å². The van der Waals surface area contributed by atoms with Crippen LogP contribution in [-0.2, 0) is 9.59 Å². The molecule has 0 spiro atoms. The lowest BCUT2D eigenvalue weighted by atomic mass is 10.0. The summed E-state index contributed by atoms with van der Waals surface area (Å²) in [6, 6.07) is 4.06. The first-order valence-electron chi connectivity index (χ1n) is 7.18. The number of benzene rings is 1. The summed E-state index contributed by atoms with van der Waals surface area (Å²) < 4.78 is 0. The SMILES string of the molecule is CC(=O)N(CC(=O)NC(C)(C)C)c1c(C)cc(C)cc1C. The molecule has 0 aliphatic heterocycles. The third kappa shape index (κ3) is 4.88. The Kier molecular flexibility index (Phi) is 5.15. The quantitative estimate of drug-likeness (QED) is 0.930. The van der Waals surface area contributed by atoms with E-state index < -0.39 is 0 Å². The minimum absolute atomic E-state index is 0.0390. The van der Waals surface area contributed by atoms with Gasteiger partial charge in [-0.1, -0.05) is 17.7 Å². The van der Waals surface area contributed by atoms with Crippen molar-refractivity contribution in [3.05, 3.63) is 28.8 Å². The third-order valence-electron chi connectivity index (χ3n) is 3.10. The molecule has 0 heterocycles. The van der Waals surface area contributed by atoms with Crippen molar-refractivity contribution in [2.24, 2.45) is 0 Å². The first-order chi connectivity index (χ1) is 9.51. The summed E-state index contributed by atoms with van der Waals surface area (Å²) in [5, 5.41) is 2.89. The number of hydrogen-bond acceptors (Lipinski definition) is 2. The van der Waals surface area contributed by atoms with Gasteiger partial charge in [-0.25, -0.2) is 0 Å². The first kappa shape index (κ1) is 17.2. The summed E-state index contributed by atoms with van der Waals surface area (Å²) in [7, 11) is 0. The lowest BCUT2D eigenvalue weighted by Gasteiger charge is -2.27. The van der Waals surface area contributed by atoms with E-state index in [2.05, 4.69) is 5.32 Å². The molecule has 0 radical (unpaired) electrons. The summed E-state index contributed by atoms with van der Waals surface area (Å²) in [5.41, 5.74) is 3.68. The van der Waals surface area contributed by atoms with Crippen LogP contribution in [0.15, 0.2) is 12.1 Å². The number of hydrogen-bond donors (Lipinski definition) is 1. The van der Waals surface area contributed by atoms with Crippen LogP contribution in [0.4, 0.5) is 5.69 Å². The monoisotopic (exact) mass is 290 g/mol. The Morgan fingerprint density at radius 1 is 1.10 bits per heavy atom. The standard InChI is InChI=1S/C17H26N2O2/c1-11-8-12(2)16(13(3)9-11)19(14(4)20)10-15(21)18-17(5,6)7/h8-9H,10H2,1-7H3,(H,18,21). The van der Waals surface area contributed by atoms with Gasteiger partial charge in [0, 0.05) is 12.5 Å². The van der Waals surface area contributed by atoms with Gasteiger partial charge in [0.15, 0.2) is 0 Å². The summed E-state index contributed by atoms with van der Waals surface area (Å²) in [6.45, 7) is 13.2. The van der Waals surface area contributed by atoms with Crippen LogP contribution in [0.25, 0.3) is 0 Å². The molecule has 1 aromatic carbocycles. The second-order valence-corrected chi connectivity index (χ2v) is 6.65. The molecule has 0 aromatic heterocycles. The molecule has 0 aliphatic carbocycles. The molecule has 0 bridgehead atoms. The average Bonchev–Trinajstić information content (AvgIpc) is 2.23. The Morgan fingerprint density at radius 3 is 1.95 bits per heavy atom. The summed E-state index contributed by atoms with van der Waals surface area (Å²) in [4.78, 5) is 25.7. The average molecular weight is 290 g/mol. The Hall–Kier alpha value is -1.84. The highest BCUT2D eigenvalue weighted by atomic mass is 16.2. The van der Waals surface area contributed by atoms with Crippen molar-refractivity contribution in [3.63, 3.8) is 0 Å². The molecule has 1 N–H and O–H groups in total. The van der Waals surface area contributed by atoms with E-state index in [1.807, 2.05) is 53.7 Å². The molecule has 0 saturated heterocycles. The van der Waals surface area contributed by atoms with Crippen LogP contribution in [0.1, 0.15) is 44.4 Å². The van der Waals surface area contributed by atoms with Crippen LogP contribution in [-0.4, -0.2) is 23.9 Å². The zero-order valence-electron chi connectivity index (χ0n) is 14.1. The van der Waals surface area contributed by atoms with Crippen molar-refractivity contribution in [2.45, 2.75) is 54.0 Å². The van der Waals surface area contributed by atoms with Crippen molar-refractivity contribution in [1.29, 1.82) is 0 Å². The van der Waals surface area contributed by atoms with E-state index in [-0.39, 0.29) is 23.9 Å². The van der Waals surface area contributed by atoms with E-state index in [0.29, 0.717) is 0 Å². The molecule has 0 aliphatic rings. The lowest BCUT2D eigenvalue weighted by molar-refractivity contribution is -0.124. The minimum Gasteiger partial charge on any atom is -0.350 e. The fourth-order valence-corrected chi connectivity index (χ4v) is 2.55. The van der Waals surface area contributed by atoms with Crippen molar-refractivity contribution < 1.29 is 9.59 Å². The number of rotatable bonds is 3. The largest absolute Gasteiger partial charge is 0.350 e. The smallest absolute Gasteiger partial charge is 0.240 e. The molecule has 116 valence electrons. The normalized spacial score (nSPS) is 11.2. The highest BCUT2D eigenvalue weighted by Gasteiger charge is 2.22. The molecular formula is C17H26N2O2. The highest BCUT2D eigenvalue weighted by molar-refractivity contribution is 5.98. The molecule has 4 heteroatoms. The number of carbonyl (C=O) groups is 2. The molecule has 21 heavy (non-hydrogen) atoms. The molecule has 0 atom stereocenters. The van der Waals surface area contributed by atoms with Crippen LogP contribution in [0.2, 0.25) is 0 Å². The predicted octanol–water partition coefficient (Wildman–Crippen LogP) is 2.88. The van der Waals surface area contributed by atoms with Gasteiger partial charge in [-0.3, -0.25) is 9.59 Å². The Morgan fingerprint density at radius 2 is 1.57 bits per heavy atom. The summed E-state index contributed by atoms with van der Waals surface area (Å²) in [5.74, 6) is -0.286. The predicted molar refractivity (Wildman–Crippen MR) is 86.6 cm³/mol. The fourth-order valence-electron chi connectivity index (χ4n) is 2.55. The van der Waals surface area contributed by atoms with Gasteiger partial charge in [0.25, 0.3) is 0 Å². The molecule has 1 rings (SSSR count). The van der Waals surface area contributed by atoms with Crippen LogP contribution < -0.4 is 10.2 Å². The zero-order valence-corrected chi connectivity index (χ0v) is 14.1. The molecule has 1 aromatic rings. The van der Waals surface area contributed by atoms with E-state index in [1.54, 1.807) is 4.90 Å². The molecule has 0 fully saturated rings. The Balaban J connectivity index is 3.09. The van der Waals surface area contributed by atoms with Crippen molar-refractivity contribution in [1.82, 2.24) is 5.32 Å². The first-order valence-corrected chi connectivity index (χ1v) is 7.18. The maximum Gasteiger partial charge on any atom is 0.240 e. The van der Waals surface area contributed by atoms with E-state index in [1.165, 1.54) is 6.92 Å². The molecule has 4 nitrogen and oxygen atoms in total. The molecule has 0 saturated carbocycles. The van der Waals surface area contributed by atoms with Crippen LogP contribution in [0, 0.1) is 20.8 Å². The second kappa shape index (κ2) is 6.29. The summed E-state index contributed by atoms with van der Waals surface area (Å²) >= 11 is 0. The van der Waals surface area contributed by atoms with Gasteiger partial charge in [0.1, 0.15) is 6.54 Å². The van der Waals surface area contributed by atoms with E-state index in [4.69, 9.17) is 0 Å². The van der Waals surface area contributed by atoms with Gasteiger partial charge in [-0.2, -0.15) is 0 Å². The Bertz CT molecular complexity index is 533. The number of nitrogens with zero attached hydrogens (tertiary/aromatic N) is 1. The zero-order chi connectivity index (χ0) is 16.4. The number of aryl methyl sites for hydroxylation is 3. The van der Waals surface area contributed by atoms with Gasteiger partial charge >= 0.3 is 0 Å². The van der Waals surface area contributed by atoms with Crippen LogP contribution in [0.3, 0.4) is 0 Å². The fraction of sp³-hybridized carbons (Fsp3) is 0.529. The topological polar surface area (TPSA) is 49.4 Å². The summed E-state index contributed by atoms with van der Waals surface area (Å²) in [6.07, 6.45) is 0. The third-order valence-corrected chi connectivity index (χ3v) is 3.10. The number of nitrogens with one attached hydrogen (secondary N) is 1. The second-order valence-electron chi connectivity index (χ2n) is 6.65. The van der Waals surface area contributed by atoms with Gasteiger partial charge in [-0.05, 0) is 52.7 Å². The van der Waals surface area contributed by atoms with Gasteiger partial charge in [0.05, 0.1) is 5.69 Å². The lowest BCUT2D eigenvalue weighted by Crippen LogP contribution is -2.47. The highest BCUT2D eigenvalue weighted by Crippen LogP contribution is 2.26. The van der Waals surface area contributed by atoms with Crippen molar-refractivity contribution in [2.75, 3.05) is 11.4 Å². The maximum atomic E-state index is 12.1. The molecular weight excluding hydrogens is 264 g/mol. The van der Waals surface area contributed by atoms with Crippen molar-refractivity contribution in [3.8, 4) is 0 Å².